The second kappa shape index (κ2) is 8.19. The SMILES string of the molecule is C[C@H](NC(=O)CSc1nc2sccc2c(=O)n1-c1ccccc1)[C@@H]1C[C@@H]2CC[C@@H]1C2. The zero-order chi connectivity index (χ0) is 20.7. The first kappa shape index (κ1) is 19.8. The van der Waals surface area contributed by atoms with E-state index in [1.807, 2.05) is 41.8 Å². The van der Waals surface area contributed by atoms with Gasteiger partial charge in [0, 0.05) is 6.04 Å². The number of hydrogen-bond donors (Lipinski definition) is 1. The van der Waals surface area contributed by atoms with E-state index in [1.165, 1.54) is 48.8 Å². The molecule has 2 saturated carbocycles. The van der Waals surface area contributed by atoms with Crippen LogP contribution >= 0.6 is 23.1 Å². The molecular formula is C23H25N3O2S2. The van der Waals surface area contributed by atoms with E-state index in [9.17, 15) is 9.59 Å². The molecule has 156 valence electrons. The van der Waals surface area contributed by atoms with E-state index >= 15 is 0 Å². The maximum absolute atomic E-state index is 13.1. The highest BCUT2D eigenvalue weighted by molar-refractivity contribution is 7.99. The van der Waals surface area contributed by atoms with Crippen molar-refractivity contribution >= 4 is 39.2 Å². The summed E-state index contributed by atoms with van der Waals surface area (Å²) in [5.41, 5.74) is 0.673. The van der Waals surface area contributed by atoms with Gasteiger partial charge in [-0.3, -0.25) is 14.2 Å². The molecule has 0 unspecified atom stereocenters. The average Bonchev–Trinajstić information content (AvgIpc) is 3.50. The van der Waals surface area contributed by atoms with Crippen molar-refractivity contribution in [1.82, 2.24) is 14.9 Å². The zero-order valence-corrected chi connectivity index (χ0v) is 18.5. The lowest BCUT2D eigenvalue weighted by molar-refractivity contribution is -0.119. The van der Waals surface area contributed by atoms with Crippen molar-refractivity contribution in [2.75, 3.05) is 5.75 Å². The average molecular weight is 440 g/mol. The van der Waals surface area contributed by atoms with Crippen LogP contribution < -0.4 is 10.9 Å². The Balaban J connectivity index is 1.33. The van der Waals surface area contributed by atoms with Crippen LogP contribution in [0, 0.1) is 17.8 Å². The molecule has 2 heterocycles. The summed E-state index contributed by atoms with van der Waals surface area (Å²) in [7, 11) is 0. The fourth-order valence-corrected chi connectivity index (χ4v) is 6.86. The quantitative estimate of drug-likeness (QED) is 0.454. The van der Waals surface area contributed by atoms with Gasteiger partial charge in [-0.05, 0) is 67.5 Å². The minimum absolute atomic E-state index is 0.00964. The number of carbonyl (C=O) groups is 1. The Kier molecular flexibility index (Phi) is 5.41. The first-order valence-electron chi connectivity index (χ1n) is 10.6. The summed E-state index contributed by atoms with van der Waals surface area (Å²) in [5, 5.41) is 6.26. The van der Waals surface area contributed by atoms with Gasteiger partial charge in [-0.15, -0.1) is 11.3 Å². The smallest absolute Gasteiger partial charge is 0.267 e. The van der Waals surface area contributed by atoms with E-state index in [-0.39, 0.29) is 23.3 Å². The number of aromatic nitrogens is 2. The summed E-state index contributed by atoms with van der Waals surface area (Å²) in [4.78, 5) is 31.2. The third-order valence-corrected chi connectivity index (χ3v) is 8.38. The fraction of sp³-hybridized carbons (Fsp3) is 0.435. The van der Waals surface area contributed by atoms with Gasteiger partial charge in [-0.1, -0.05) is 36.4 Å². The molecule has 4 atom stereocenters. The van der Waals surface area contributed by atoms with E-state index in [4.69, 9.17) is 4.98 Å². The molecule has 2 aliphatic carbocycles. The highest BCUT2D eigenvalue weighted by Crippen LogP contribution is 2.49. The van der Waals surface area contributed by atoms with Gasteiger partial charge in [-0.25, -0.2) is 4.98 Å². The van der Waals surface area contributed by atoms with Crippen molar-refractivity contribution in [2.24, 2.45) is 17.8 Å². The van der Waals surface area contributed by atoms with Crippen LogP contribution in [0.1, 0.15) is 32.6 Å². The number of fused-ring (bicyclic) bond motifs is 3. The van der Waals surface area contributed by atoms with Crippen LogP contribution in [0.5, 0.6) is 0 Å². The summed E-state index contributed by atoms with van der Waals surface area (Å²) in [6.07, 6.45) is 5.28. The predicted octanol–water partition coefficient (Wildman–Crippen LogP) is 4.48. The van der Waals surface area contributed by atoms with Gasteiger partial charge in [-0.2, -0.15) is 0 Å². The van der Waals surface area contributed by atoms with Crippen molar-refractivity contribution < 1.29 is 4.79 Å². The van der Waals surface area contributed by atoms with Crippen molar-refractivity contribution in [1.29, 1.82) is 0 Å². The van der Waals surface area contributed by atoms with Crippen molar-refractivity contribution in [3.63, 3.8) is 0 Å². The van der Waals surface area contributed by atoms with Gasteiger partial charge in [0.15, 0.2) is 5.16 Å². The largest absolute Gasteiger partial charge is 0.353 e. The molecule has 5 rings (SSSR count). The molecule has 2 aliphatic rings. The standard InChI is InChI=1S/C23H25N3O2S2/c1-14(19-12-15-7-8-16(19)11-15)24-20(27)13-30-23-25-21-18(9-10-29-21)22(28)26(23)17-5-3-2-4-6-17/h2-6,9-10,14-16,19H,7-8,11-13H2,1H3,(H,24,27)/t14-,15+,16+,19-/m0/s1. The van der Waals surface area contributed by atoms with Gasteiger partial charge in [0.2, 0.25) is 5.91 Å². The first-order chi connectivity index (χ1) is 14.6. The molecule has 2 aromatic heterocycles. The Morgan fingerprint density at radius 3 is 2.83 bits per heavy atom. The van der Waals surface area contributed by atoms with Crippen molar-refractivity contribution in [2.45, 2.75) is 43.8 Å². The molecule has 5 nitrogen and oxygen atoms in total. The maximum Gasteiger partial charge on any atom is 0.267 e. The van der Waals surface area contributed by atoms with Crippen LogP contribution in [0.2, 0.25) is 0 Å². The minimum atomic E-state index is -0.0919. The van der Waals surface area contributed by atoms with Crippen LogP contribution in [0.3, 0.4) is 0 Å². The normalized spacial score (nSPS) is 23.7. The molecule has 0 spiro atoms. The number of hydrogen-bond acceptors (Lipinski definition) is 5. The van der Waals surface area contributed by atoms with Gasteiger partial charge >= 0.3 is 0 Å². The Bertz CT molecular complexity index is 1120. The molecule has 2 fully saturated rings. The molecule has 1 amide bonds. The number of para-hydroxylation sites is 1. The summed E-state index contributed by atoms with van der Waals surface area (Å²) in [6.45, 7) is 2.14. The topological polar surface area (TPSA) is 64.0 Å². The second-order valence-corrected chi connectivity index (χ2v) is 10.3. The van der Waals surface area contributed by atoms with E-state index in [2.05, 4.69) is 12.2 Å². The lowest BCUT2D eigenvalue weighted by atomic mass is 9.84. The molecule has 1 aromatic carbocycles. The van der Waals surface area contributed by atoms with Crippen molar-refractivity contribution in [3.05, 3.63) is 52.1 Å². The van der Waals surface area contributed by atoms with Crippen LogP contribution in [0.25, 0.3) is 15.9 Å². The summed E-state index contributed by atoms with van der Waals surface area (Å²) in [6, 6.07) is 11.5. The van der Waals surface area contributed by atoms with Crippen molar-refractivity contribution in [3.8, 4) is 5.69 Å². The van der Waals surface area contributed by atoms with Gasteiger partial charge in [0.1, 0.15) is 4.83 Å². The van der Waals surface area contributed by atoms with Gasteiger partial charge in [0.25, 0.3) is 5.56 Å². The highest BCUT2D eigenvalue weighted by atomic mass is 32.2. The number of rotatable bonds is 6. The van der Waals surface area contributed by atoms with E-state index in [0.717, 1.165) is 17.5 Å². The Morgan fingerprint density at radius 2 is 2.10 bits per heavy atom. The fourth-order valence-electron chi connectivity index (χ4n) is 5.24. The molecule has 0 aliphatic heterocycles. The molecule has 0 saturated heterocycles. The number of benzene rings is 1. The van der Waals surface area contributed by atoms with Gasteiger partial charge < -0.3 is 5.32 Å². The van der Waals surface area contributed by atoms with Crippen LogP contribution in [-0.2, 0) is 4.79 Å². The predicted molar refractivity (Wildman–Crippen MR) is 122 cm³/mol. The maximum atomic E-state index is 13.1. The Labute approximate surface area is 183 Å². The summed E-state index contributed by atoms with van der Waals surface area (Å²) < 4.78 is 1.62. The summed E-state index contributed by atoms with van der Waals surface area (Å²) in [5.74, 6) is 2.53. The van der Waals surface area contributed by atoms with Gasteiger partial charge in [0.05, 0.1) is 16.8 Å². The number of amides is 1. The number of nitrogens with one attached hydrogen (secondary N) is 1. The lowest BCUT2D eigenvalue weighted by Gasteiger charge is -2.28. The van der Waals surface area contributed by atoms with E-state index in [0.29, 0.717) is 21.3 Å². The number of nitrogens with zero attached hydrogens (tertiary/aromatic N) is 2. The molecule has 1 N–H and O–H groups in total. The number of thiophene rings is 1. The molecule has 30 heavy (non-hydrogen) atoms. The molecule has 2 bridgehead atoms. The van der Waals surface area contributed by atoms with Crippen LogP contribution in [0.4, 0.5) is 0 Å². The summed E-state index contributed by atoms with van der Waals surface area (Å²) >= 11 is 2.78. The van der Waals surface area contributed by atoms with E-state index < -0.39 is 0 Å². The minimum Gasteiger partial charge on any atom is -0.353 e. The monoisotopic (exact) mass is 439 g/mol. The van der Waals surface area contributed by atoms with Crippen LogP contribution in [-0.4, -0.2) is 27.3 Å². The molecule has 3 aromatic rings. The second-order valence-electron chi connectivity index (χ2n) is 8.49. The number of thioether (sulfide) groups is 1. The number of carbonyl (C=O) groups excluding carboxylic acids is 1. The molecule has 7 heteroatoms. The Morgan fingerprint density at radius 1 is 1.27 bits per heavy atom. The first-order valence-corrected chi connectivity index (χ1v) is 12.4. The third-order valence-electron chi connectivity index (χ3n) is 6.64. The zero-order valence-electron chi connectivity index (χ0n) is 16.9. The lowest BCUT2D eigenvalue weighted by Crippen LogP contribution is -2.41. The van der Waals surface area contributed by atoms with E-state index in [1.54, 1.807) is 4.57 Å². The molecular weight excluding hydrogens is 414 g/mol. The molecule has 0 radical (unpaired) electrons. The van der Waals surface area contributed by atoms with Crippen LogP contribution in [0.15, 0.2) is 51.7 Å². The highest BCUT2D eigenvalue weighted by Gasteiger charge is 2.42. The Hall–Kier alpha value is -2.12. The third kappa shape index (κ3) is 3.69.